The van der Waals surface area contributed by atoms with Crippen LogP contribution in [0.5, 0.6) is 0 Å². The Labute approximate surface area is 130 Å². The van der Waals surface area contributed by atoms with Crippen molar-refractivity contribution >= 4 is 5.91 Å². The van der Waals surface area contributed by atoms with E-state index in [1.54, 1.807) is 0 Å². The van der Waals surface area contributed by atoms with E-state index in [2.05, 4.69) is 44.8 Å². The first-order chi connectivity index (χ1) is 9.84. The van der Waals surface area contributed by atoms with E-state index >= 15 is 0 Å². The second-order valence-electron chi connectivity index (χ2n) is 7.10. The molecule has 21 heavy (non-hydrogen) atoms. The van der Waals surface area contributed by atoms with Gasteiger partial charge in [-0.1, -0.05) is 27.2 Å². The van der Waals surface area contributed by atoms with Gasteiger partial charge in [-0.25, -0.2) is 0 Å². The molecule has 0 heterocycles. The van der Waals surface area contributed by atoms with E-state index in [-0.39, 0.29) is 11.9 Å². The Morgan fingerprint density at radius 3 is 2.52 bits per heavy atom. The lowest BCUT2D eigenvalue weighted by Crippen LogP contribution is -2.62. The smallest absolute Gasteiger partial charge is 0.237 e. The number of nitrogens with zero attached hydrogens (tertiary/aromatic N) is 1. The quantitative estimate of drug-likeness (QED) is 0.724. The predicted molar refractivity (Wildman–Crippen MR) is 89.2 cm³/mol. The number of nitrogens with two attached hydrogens (primary N) is 1. The number of amides is 1. The molecule has 124 valence electrons. The summed E-state index contributed by atoms with van der Waals surface area (Å²) < 4.78 is 0. The van der Waals surface area contributed by atoms with Crippen LogP contribution in [0, 0.1) is 5.92 Å². The van der Waals surface area contributed by atoms with Crippen molar-refractivity contribution < 1.29 is 4.79 Å². The van der Waals surface area contributed by atoms with Gasteiger partial charge in [0, 0.05) is 18.6 Å². The van der Waals surface area contributed by atoms with Crippen LogP contribution in [0.15, 0.2) is 0 Å². The van der Waals surface area contributed by atoms with Crippen molar-refractivity contribution in [1.29, 1.82) is 0 Å². The summed E-state index contributed by atoms with van der Waals surface area (Å²) in [6, 6.07) is 0.748. The third-order valence-corrected chi connectivity index (χ3v) is 4.93. The zero-order chi connectivity index (χ0) is 16.0. The van der Waals surface area contributed by atoms with Gasteiger partial charge in [-0.3, -0.25) is 4.79 Å². The molecule has 3 N–H and O–H groups in total. The van der Waals surface area contributed by atoms with Crippen LogP contribution >= 0.6 is 0 Å². The zero-order valence-corrected chi connectivity index (χ0v) is 14.6. The molecule has 1 rings (SSSR count). The average molecular weight is 297 g/mol. The molecule has 4 heteroatoms. The van der Waals surface area contributed by atoms with Crippen LogP contribution in [0.4, 0.5) is 0 Å². The Morgan fingerprint density at radius 1 is 1.38 bits per heavy atom. The van der Waals surface area contributed by atoms with Crippen molar-refractivity contribution in [3.05, 3.63) is 0 Å². The summed E-state index contributed by atoms with van der Waals surface area (Å²) in [5.74, 6) is 0.522. The van der Waals surface area contributed by atoms with Gasteiger partial charge < -0.3 is 16.0 Å². The second-order valence-corrected chi connectivity index (χ2v) is 7.10. The lowest BCUT2D eigenvalue weighted by atomic mass is 9.77. The van der Waals surface area contributed by atoms with E-state index in [1.165, 1.54) is 12.8 Å². The molecule has 0 aliphatic heterocycles. The maximum Gasteiger partial charge on any atom is 0.237 e. The van der Waals surface area contributed by atoms with Crippen LogP contribution in [0.1, 0.15) is 66.7 Å². The van der Waals surface area contributed by atoms with Gasteiger partial charge in [-0.2, -0.15) is 0 Å². The highest BCUT2D eigenvalue weighted by molar-refractivity contribution is 5.85. The largest absolute Gasteiger partial charge is 0.368 e. The molecule has 0 aromatic heterocycles. The van der Waals surface area contributed by atoms with Crippen molar-refractivity contribution in [2.45, 2.75) is 84.3 Å². The Balaban J connectivity index is 2.82. The molecule has 1 aliphatic rings. The average Bonchev–Trinajstić information content (AvgIpc) is 2.43. The summed E-state index contributed by atoms with van der Waals surface area (Å²) in [5, 5.41) is 3.47. The lowest BCUT2D eigenvalue weighted by Gasteiger charge is -2.44. The number of hydrogen-bond donors (Lipinski definition) is 2. The molecule has 0 bridgehead atoms. The monoisotopic (exact) mass is 297 g/mol. The summed E-state index contributed by atoms with van der Waals surface area (Å²) in [7, 11) is 0. The van der Waals surface area contributed by atoms with Gasteiger partial charge in [0.1, 0.15) is 0 Å². The molecule has 1 fully saturated rings. The molecule has 0 radical (unpaired) electrons. The molecule has 3 atom stereocenters. The molecular weight excluding hydrogens is 262 g/mol. The summed E-state index contributed by atoms with van der Waals surface area (Å²) >= 11 is 0. The lowest BCUT2D eigenvalue weighted by molar-refractivity contribution is -0.127. The number of rotatable bonds is 8. The Kier molecular flexibility index (Phi) is 7.14. The van der Waals surface area contributed by atoms with Crippen molar-refractivity contribution in [2.24, 2.45) is 11.7 Å². The van der Waals surface area contributed by atoms with E-state index in [0.717, 1.165) is 32.4 Å². The minimum Gasteiger partial charge on any atom is -0.368 e. The number of primary amides is 1. The van der Waals surface area contributed by atoms with Gasteiger partial charge in [0.05, 0.1) is 5.54 Å². The molecule has 0 aromatic carbocycles. The first kappa shape index (κ1) is 18.4. The summed E-state index contributed by atoms with van der Waals surface area (Å²) in [5.41, 5.74) is 5.25. The van der Waals surface area contributed by atoms with Crippen LogP contribution in [0.2, 0.25) is 0 Å². The van der Waals surface area contributed by atoms with Gasteiger partial charge in [-0.15, -0.1) is 0 Å². The molecule has 0 spiro atoms. The Hall–Kier alpha value is -0.610. The first-order valence-corrected chi connectivity index (χ1v) is 8.66. The molecule has 0 saturated heterocycles. The highest BCUT2D eigenvalue weighted by atomic mass is 16.1. The van der Waals surface area contributed by atoms with Gasteiger partial charge in [0.15, 0.2) is 0 Å². The number of nitrogens with one attached hydrogen (secondary N) is 1. The third kappa shape index (κ3) is 4.96. The minimum absolute atomic E-state index is 0.180. The van der Waals surface area contributed by atoms with E-state index in [4.69, 9.17) is 5.73 Å². The van der Waals surface area contributed by atoms with Crippen molar-refractivity contribution in [2.75, 3.05) is 13.1 Å². The molecule has 4 nitrogen and oxygen atoms in total. The highest BCUT2D eigenvalue weighted by Crippen LogP contribution is 2.32. The fraction of sp³-hybridized carbons (Fsp3) is 0.941. The van der Waals surface area contributed by atoms with Gasteiger partial charge >= 0.3 is 0 Å². The van der Waals surface area contributed by atoms with E-state index in [9.17, 15) is 4.79 Å². The maximum absolute atomic E-state index is 12.1. The predicted octanol–water partition coefficient (Wildman–Crippen LogP) is 2.52. The standard InChI is InChI=1S/C17H35N3O/c1-6-14(5)12-20(7-2)15-9-8-10-17(11-15,16(18)21)19-13(3)4/h13-15,19H,6-12H2,1-5H3,(H2,18,21). The SMILES string of the molecule is CCC(C)CN(CC)C1CCCC(NC(C)C)(C(N)=O)C1. The Bertz CT molecular complexity index is 332. The first-order valence-electron chi connectivity index (χ1n) is 8.66. The van der Waals surface area contributed by atoms with Crippen LogP contribution in [-0.2, 0) is 4.79 Å². The van der Waals surface area contributed by atoms with Crippen LogP contribution in [0.25, 0.3) is 0 Å². The third-order valence-electron chi connectivity index (χ3n) is 4.93. The van der Waals surface area contributed by atoms with Crippen molar-refractivity contribution in [3.63, 3.8) is 0 Å². The molecule has 1 amide bonds. The zero-order valence-electron chi connectivity index (χ0n) is 14.6. The van der Waals surface area contributed by atoms with E-state index in [1.807, 2.05) is 0 Å². The topological polar surface area (TPSA) is 58.4 Å². The maximum atomic E-state index is 12.1. The molecule has 0 aromatic rings. The van der Waals surface area contributed by atoms with Gasteiger partial charge in [-0.05, 0) is 52.0 Å². The molecular formula is C17H35N3O. The van der Waals surface area contributed by atoms with Gasteiger partial charge in [0.25, 0.3) is 0 Å². The fourth-order valence-corrected chi connectivity index (χ4v) is 3.60. The highest BCUT2D eigenvalue weighted by Gasteiger charge is 2.42. The van der Waals surface area contributed by atoms with Crippen molar-refractivity contribution in [3.8, 4) is 0 Å². The van der Waals surface area contributed by atoms with Crippen LogP contribution in [-0.4, -0.2) is 41.5 Å². The van der Waals surface area contributed by atoms with Crippen LogP contribution in [0.3, 0.4) is 0 Å². The normalized spacial score (nSPS) is 28.0. The second kappa shape index (κ2) is 8.14. The van der Waals surface area contributed by atoms with E-state index in [0.29, 0.717) is 12.0 Å². The summed E-state index contributed by atoms with van der Waals surface area (Å²) in [4.78, 5) is 14.6. The number of carbonyl (C=O) groups is 1. The van der Waals surface area contributed by atoms with Gasteiger partial charge in [0.2, 0.25) is 5.91 Å². The fourth-order valence-electron chi connectivity index (χ4n) is 3.60. The summed E-state index contributed by atoms with van der Waals surface area (Å²) in [6.07, 6.45) is 5.18. The molecule has 1 saturated carbocycles. The van der Waals surface area contributed by atoms with Crippen molar-refractivity contribution in [1.82, 2.24) is 10.2 Å². The minimum atomic E-state index is -0.514. The summed E-state index contributed by atoms with van der Waals surface area (Å²) in [6.45, 7) is 13.1. The van der Waals surface area contributed by atoms with E-state index < -0.39 is 5.54 Å². The Morgan fingerprint density at radius 2 is 2.05 bits per heavy atom. The number of hydrogen-bond acceptors (Lipinski definition) is 3. The number of carbonyl (C=O) groups excluding carboxylic acids is 1. The molecule has 1 aliphatic carbocycles. The van der Waals surface area contributed by atoms with Crippen LogP contribution < -0.4 is 11.1 Å². The molecule has 3 unspecified atom stereocenters.